The number of nitrogens with two attached hydrogens (primary N) is 1. The molecule has 1 amide bonds. The van der Waals surface area contributed by atoms with Gasteiger partial charge in [0.15, 0.2) is 0 Å². The summed E-state index contributed by atoms with van der Waals surface area (Å²) in [4.78, 5) is 15.6. The van der Waals surface area contributed by atoms with Gasteiger partial charge in [0.05, 0.1) is 11.2 Å². The van der Waals surface area contributed by atoms with E-state index in [2.05, 4.69) is 26.2 Å². The van der Waals surface area contributed by atoms with Crippen LogP contribution < -0.4 is 11.1 Å². The molecule has 2 rings (SSSR count). The van der Waals surface area contributed by atoms with Gasteiger partial charge in [0.2, 0.25) is 5.91 Å². The number of hydrogen-bond donors (Lipinski definition) is 2. The van der Waals surface area contributed by atoms with Gasteiger partial charge in [-0.05, 0) is 34.5 Å². The van der Waals surface area contributed by atoms with E-state index in [4.69, 9.17) is 5.73 Å². The molecule has 0 bridgehead atoms. The predicted molar refractivity (Wildman–Crippen MR) is 76.3 cm³/mol. The summed E-state index contributed by atoms with van der Waals surface area (Å²) < 4.78 is 0.925. The molecule has 0 aliphatic heterocycles. The first-order chi connectivity index (χ1) is 8.61. The third kappa shape index (κ3) is 2.61. The van der Waals surface area contributed by atoms with Crippen molar-refractivity contribution in [3.8, 4) is 0 Å². The maximum atomic E-state index is 11.3. The van der Waals surface area contributed by atoms with Gasteiger partial charge in [-0.1, -0.05) is 19.1 Å². The van der Waals surface area contributed by atoms with Crippen molar-refractivity contribution in [2.24, 2.45) is 5.73 Å². The molecule has 0 aliphatic rings. The van der Waals surface area contributed by atoms with E-state index in [1.54, 1.807) is 6.20 Å². The number of anilines is 1. The molecule has 0 spiro atoms. The molecule has 94 valence electrons. The molecule has 3 N–H and O–H groups in total. The number of rotatable bonds is 4. The van der Waals surface area contributed by atoms with Crippen molar-refractivity contribution in [3.05, 3.63) is 34.9 Å². The molecule has 2 aromatic rings. The number of benzene rings is 1. The zero-order valence-electron chi connectivity index (χ0n) is 9.98. The van der Waals surface area contributed by atoms with E-state index < -0.39 is 0 Å². The van der Waals surface area contributed by atoms with Crippen LogP contribution in [0.1, 0.15) is 13.3 Å². The number of pyridine rings is 1. The minimum Gasteiger partial charge on any atom is -0.372 e. The van der Waals surface area contributed by atoms with Crippen LogP contribution in [0.2, 0.25) is 0 Å². The zero-order valence-corrected chi connectivity index (χ0v) is 11.6. The Morgan fingerprint density at radius 3 is 3.00 bits per heavy atom. The van der Waals surface area contributed by atoms with Gasteiger partial charge in [-0.15, -0.1) is 0 Å². The third-order valence-electron chi connectivity index (χ3n) is 2.76. The average molecular weight is 308 g/mol. The number of nitrogens with one attached hydrogen (secondary N) is 1. The topological polar surface area (TPSA) is 68.0 Å². The Hall–Kier alpha value is -1.62. The largest absolute Gasteiger partial charge is 0.372 e. The molecule has 1 atom stereocenters. The number of nitrogens with zero attached hydrogens (tertiary/aromatic N) is 1. The molecule has 1 heterocycles. The molecule has 0 saturated carbocycles. The van der Waals surface area contributed by atoms with E-state index in [1.165, 1.54) is 0 Å². The lowest BCUT2D eigenvalue weighted by Crippen LogP contribution is -2.34. The average Bonchev–Trinajstić information content (AvgIpc) is 2.35. The molecule has 1 aromatic carbocycles. The van der Waals surface area contributed by atoms with Gasteiger partial charge in [0.1, 0.15) is 6.04 Å². The molecule has 1 unspecified atom stereocenters. The van der Waals surface area contributed by atoms with Crippen LogP contribution >= 0.6 is 15.9 Å². The number of fused-ring (bicyclic) bond motifs is 1. The van der Waals surface area contributed by atoms with Crippen molar-refractivity contribution < 1.29 is 4.79 Å². The van der Waals surface area contributed by atoms with Crippen molar-refractivity contribution in [3.63, 3.8) is 0 Å². The summed E-state index contributed by atoms with van der Waals surface area (Å²) in [6.07, 6.45) is 2.38. The van der Waals surface area contributed by atoms with Crippen LogP contribution in [-0.2, 0) is 4.79 Å². The van der Waals surface area contributed by atoms with Gasteiger partial charge >= 0.3 is 0 Å². The number of hydrogen-bond acceptors (Lipinski definition) is 3. The number of carbonyl (C=O) groups is 1. The smallest absolute Gasteiger partial charge is 0.239 e. The monoisotopic (exact) mass is 307 g/mol. The summed E-state index contributed by atoms with van der Waals surface area (Å²) in [5.41, 5.74) is 6.99. The van der Waals surface area contributed by atoms with Gasteiger partial charge in [-0.3, -0.25) is 9.78 Å². The van der Waals surface area contributed by atoms with E-state index in [0.717, 1.165) is 21.1 Å². The highest BCUT2D eigenvalue weighted by Crippen LogP contribution is 2.24. The van der Waals surface area contributed by atoms with E-state index in [1.807, 2.05) is 31.2 Å². The quantitative estimate of drug-likeness (QED) is 0.912. The minimum atomic E-state index is -0.374. The Balaban J connectivity index is 2.42. The van der Waals surface area contributed by atoms with E-state index in [-0.39, 0.29) is 11.9 Å². The number of carbonyl (C=O) groups excluding carboxylic acids is 1. The predicted octanol–water partition coefficient (Wildman–Crippen LogP) is 2.67. The van der Waals surface area contributed by atoms with Gasteiger partial charge < -0.3 is 11.1 Å². The first-order valence-corrected chi connectivity index (χ1v) is 6.51. The van der Waals surface area contributed by atoms with Crippen LogP contribution in [0.25, 0.3) is 10.9 Å². The minimum absolute atomic E-state index is 0.355. The summed E-state index contributed by atoms with van der Waals surface area (Å²) in [6.45, 7) is 1.91. The second-order valence-electron chi connectivity index (χ2n) is 4.04. The fourth-order valence-corrected chi connectivity index (χ4v) is 2.16. The van der Waals surface area contributed by atoms with E-state index in [0.29, 0.717) is 6.42 Å². The van der Waals surface area contributed by atoms with Crippen molar-refractivity contribution >= 4 is 38.4 Å². The van der Waals surface area contributed by atoms with Gasteiger partial charge in [-0.2, -0.15) is 0 Å². The lowest BCUT2D eigenvalue weighted by Gasteiger charge is -2.15. The molecular formula is C13H14BrN3O. The lowest BCUT2D eigenvalue weighted by molar-refractivity contribution is -0.118. The molecule has 18 heavy (non-hydrogen) atoms. The molecule has 0 aliphatic carbocycles. The summed E-state index contributed by atoms with van der Waals surface area (Å²) in [5.74, 6) is -0.355. The van der Waals surface area contributed by atoms with Crippen LogP contribution in [-0.4, -0.2) is 16.9 Å². The van der Waals surface area contributed by atoms with Gasteiger partial charge in [0.25, 0.3) is 0 Å². The number of para-hydroxylation sites is 1. The summed E-state index contributed by atoms with van der Waals surface area (Å²) in [5, 5.41) is 4.15. The highest BCUT2D eigenvalue weighted by atomic mass is 79.9. The number of primary amides is 1. The summed E-state index contributed by atoms with van der Waals surface area (Å²) >= 11 is 3.39. The molecule has 0 fully saturated rings. The molecule has 0 saturated heterocycles. The van der Waals surface area contributed by atoms with Crippen molar-refractivity contribution in [1.82, 2.24) is 4.98 Å². The van der Waals surface area contributed by atoms with Crippen molar-refractivity contribution in [1.29, 1.82) is 0 Å². The van der Waals surface area contributed by atoms with Gasteiger partial charge in [0, 0.05) is 16.1 Å². The zero-order chi connectivity index (χ0) is 13.1. The molecule has 1 aromatic heterocycles. The second-order valence-corrected chi connectivity index (χ2v) is 4.95. The highest BCUT2D eigenvalue weighted by Gasteiger charge is 2.13. The molecule has 0 radical (unpaired) electrons. The Labute approximate surface area is 114 Å². The second kappa shape index (κ2) is 5.35. The normalized spacial score (nSPS) is 12.3. The van der Waals surface area contributed by atoms with Crippen LogP contribution in [0, 0.1) is 0 Å². The van der Waals surface area contributed by atoms with Crippen molar-refractivity contribution in [2.45, 2.75) is 19.4 Å². The van der Waals surface area contributed by atoms with E-state index in [9.17, 15) is 4.79 Å². The fraction of sp³-hybridized carbons (Fsp3) is 0.231. The first kappa shape index (κ1) is 12.8. The fourth-order valence-electron chi connectivity index (χ4n) is 1.81. The number of amides is 1. The lowest BCUT2D eigenvalue weighted by atomic mass is 10.1. The SMILES string of the molecule is CCC(Nc1cccc2cc(Br)cnc12)C(N)=O. The molecular weight excluding hydrogens is 294 g/mol. The Kier molecular flexibility index (Phi) is 3.81. The van der Waals surface area contributed by atoms with Gasteiger partial charge in [-0.25, -0.2) is 0 Å². The summed E-state index contributed by atoms with van der Waals surface area (Å²) in [7, 11) is 0. The van der Waals surface area contributed by atoms with Crippen LogP contribution in [0.3, 0.4) is 0 Å². The van der Waals surface area contributed by atoms with Crippen molar-refractivity contribution in [2.75, 3.05) is 5.32 Å². The Morgan fingerprint density at radius 2 is 2.33 bits per heavy atom. The van der Waals surface area contributed by atoms with E-state index >= 15 is 0 Å². The molecule has 5 heteroatoms. The third-order valence-corrected chi connectivity index (χ3v) is 3.19. The first-order valence-electron chi connectivity index (χ1n) is 5.72. The summed E-state index contributed by atoms with van der Waals surface area (Å²) in [6, 6.07) is 7.41. The number of halogens is 1. The standard InChI is InChI=1S/C13H14BrN3O/c1-2-10(13(15)18)17-11-5-3-4-8-6-9(14)7-16-12(8)11/h3-7,10,17H,2H2,1H3,(H2,15,18). The van der Waals surface area contributed by atoms with Crippen LogP contribution in [0.5, 0.6) is 0 Å². The number of aromatic nitrogens is 1. The maximum Gasteiger partial charge on any atom is 0.239 e. The Morgan fingerprint density at radius 1 is 1.56 bits per heavy atom. The van der Waals surface area contributed by atoms with Crippen LogP contribution in [0.15, 0.2) is 34.9 Å². The van der Waals surface area contributed by atoms with Crippen LogP contribution in [0.4, 0.5) is 5.69 Å². The Bertz CT molecular complexity index is 585. The maximum absolute atomic E-state index is 11.3. The molecule has 4 nitrogen and oxygen atoms in total. The highest BCUT2D eigenvalue weighted by molar-refractivity contribution is 9.10.